The van der Waals surface area contributed by atoms with E-state index < -0.39 is 0 Å². The highest BCUT2D eigenvalue weighted by atomic mass is 35.5. The van der Waals surface area contributed by atoms with Crippen LogP contribution in [0.25, 0.3) is 22.6 Å². The molecule has 0 spiro atoms. The minimum Gasteiger partial charge on any atom is -0.478 e. The molecule has 1 fully saturated rings. The fraction of sp³-hybridized carbons (Fsp3) is 0.440. The maximum Gasteiger partial charge on any atom is 0.213 e. The zero-order chi connectivity index (χ0) is 21.6. The van der Waals surface area contributed by atoms with E-state index >= 15 is 0 Å². The number of piperidine rings is 1. The highest BCUT2D eigenvalue weighted by Crippen LogP contribution is 2.28. The fourth-order valence-corrected chi connectivity index (χ4v) is 4.31. The first-order chi connectivity index (χ1) is 15.1. The van der Waals surface area contributed by atoms with E-state index in [0.29, 0.717) is 12.5 Å². The summed E-state index contributed by atoms with van der Waals surface area (Å²) in [5, 5.41) is 0.722. The third-order valence-electron chi connectivity index (χ3n) is 6.11. The van der Waals surface area contributed by atoms with E-state index in [1.807, 2.05) is 43.3 Å². The van der Waals surface area contributed by atoms with Crippen LogP contribution in [-0.4, -0.2) is 46.6 Å². The Hall–Kier alpha value is -2.37. The van der Waals surface area contributed by atoms with Crippen LogP contribution < -0.4 is 4.74 Å². The van der Waals surface area contributed by atoms with Gasteiger partial charge < -0.3 is 14.6 Å². The van der Waals surface area contributed by atoms with Crippen LogP contribution in [0.3, 0.4) is 0 Å². The van der Waals surface area contributed by atoms with Gasteiger partial charge in [0.1, 0.15) is 5.82 Å². The van der Waals surface area contributed by atoms with Gasteiger partial charge in [0.25, 0.3) is 0 Å². The van der Waals surface area contributed by atoms with Gasteiger partial charge in [-0.05, 0) is 76.9 Å². The first kappa shape index (κ1) is 21.8. The number of imidazole rings is 1. The normalized spacial score (nSPS) is 15.3. The summed E-state index contributed by atoms with van der Waals surface area (Å²) < 4.78 is 5.93. The predicted octanol–water partition coefficient (Wildman–Crippen LogP) is 5.99. The second kappa shape index (κ2) is 10.3. The van der Waals surface area contributed by atoms with Crippen LogP contribution in [0.1, 0.15) is 37.8 Å². The van der Waals surface area contributed by atoms with E-state index in [9.17, 15) is 0 Å². The molecule has 31 heavy (non-hydrogen) atoms. The molecule has 0 saturated carbocycles. The van der Waals surface area contributed by atoms with Gasteiger partial charge in [-0.15, -0.1) is 0 Å². The number of unbranched alkanes of at least 4 members (excludes halogenated alkanes) is 1. The van der Waals surface area contributed by atoms with Crippen molar-refractivity contribution in [3.05, 3.63) is 53.3 Å². The van der Waals surface area contributed by atoms with Crippen molar-refractivity contribution in [3.63, 3.8) is 0 Å². The van der Waals surface area contributed by atoms with Crippen molar-refractivity contribution in [2.75, 3.05) is 26.7 Å². The Balaban J connectivity index is 1.31. The number of likely N-dealkylation sites (tertiary alicyclic amines) is 1. The lowest BCUT2D eigenvalue weighted by atomic mass is 9.92. The molecule has 1 N–H and O–H groups in total. The minimum absolute atomic E-state index is 0.652. The van der Waals surface area contributed by atoms with Crippen molar-refractivity contribution >= 4 is 11.6 Å². The Labute approximate surface area is 189 Å². The van der Waals surface area contributed by atoms with Crippen molar-refractivity contribution in [2.45, 2.75) is 39.0 Å². The van der Waals surface area contributed by atoms with Gasteiger partial charge in [-0.1, -0.05) is 30.2 Å². The van der Waals surface area contributed by atoms with Crippen molar-refractivity contribution in [1.82, 2.24) is 19.9 Å². The number of aromatic amines is 1. The van der Waals surface area contributed by atoms with Crippen LogP contribution in [0.5, 0.6) is 5.88 Å². The predicted molar refractivity (Wildman–Crippen MR) is 127 cm³/mol. The topological polar surface area (TPSA) is 54.0 Å². The smallest absolute Gasteiger partial charge is 0.213 e. The minimum atomic E-state index is 0.652. The second-order valence-corrected chi connectivity index (χ2v) is 8.98. The molecule has 0 unspecified atom stereocenters. The largest absolute Gasteiger partial charge is 0.478 e. The molecule has 0 amide bonds. The lowest BCUT2D eigenvalue weighted by Crippen LogP contribution is -2.30. The summed E-state index contributed by atoms with van der Waals surface area (Å²) in [6, 6.07) is 11.7. The molecule has 1 saturated heterocycles. The molecular formula is C25H31ClN4O. The van der Waals surface area contributed by atoms with E-state index in [-0.39, 0.29) is 0 Å². The van der Waals surface area contributed by atoms with Gasteiger partial charge in [0.05, 0.1) is 12.3 Å². The average molecular weight is 439 g/mol. The third kappa shape index (κ3) is 5.86. The summed E-state index contributed by atoms with van der Waals surface area (Å²) >= 11 is 6.01. The molecule has 4 rings (SSSR count). The number of nitrogens with one attached hydrogen (secondary N) is 1. The maximum atomic E-state index is 6.01. The number of nitrogens with zero attached hydrogens (tertiary/aromatic N) is 3. The Morgan fingerprint density at radius 1 is 1.10 bits per heavy atom. The standard InChI is InChI=1S/C25H31ClN4O/c1-18-24(20-6-8-22(26)9-7-20)29-25(28-18)21-10-13-27-23(17-21)31-16-4-3-5-19-11-14-30(2)15-12-19/h6-10,13,17,19H,3-5,11-12,14-16H2,1-2H3,(H,28,29). The maximum absolute atomic E-state index is 6.01. The summed E-state index contributed by atoms with van der Waals surface area (Å²) in [5.74, 6) is 2.35. The molecule has 5 nitrogen and oxygen atoms in total. The highest BCUT2D eigenvalue weighted by molar-refractivity contribution is 6.30. The van der Waals surface area contributed by atoms with Crippen LogP contribution >= 0.6 is 11.6 Å². The van der Waals surface area contributed by atoms with Crippen molar-refractivity contribution in [3.8, 4) is 28.5 Å². The molecule has 6 heteroatoms. The van der Waals surface area contributed by atoms with E-state index in [4.69, 9.17) is 21.3 Å². The van der Waals surface area contributed by atoms with Crippen molar-refractivity contribution in [1.29, 1.82) is 0 Å². The summed E-state index contributed by atoms with van der Waals surface area (Å²) in [6.45, 7) is 5.22. The van der Waals surface area contributed by atoms with E-state index in [2.05, 4.69) is 21.9 Å². The van der Waals surface area contributed by atoms with E-state index in [1.165, 1.54) is 38.8 Å². The van der Waals surface area contributed by atoms with Gasteiger partial charge in [0.15, 0.2) is 0 Å². The van der Waals surface area contributed by atoms with Gasteiger partial charge in [-0.3, -0.25) is 0 Å². The number of hydrogen-bond acceptors (Lipinski definition) is 4. The van der Waals surface area contributed by atoms with Gasteiger partial charge in [0.2, 0.25) is 5.88 Å². The molecular weight excluding hydrogens is 408 g/mol. The summed E-state index contributed by atoms with van der Waals surface area (Å²) in [6.07, 6.45) is 8.05. The number of ether oxygens (including phenoxy) is 1. The van der Waals surface area contributed by atoms with Gasteiger partial charge in [-0.25, -0.2) is 9.97 Å². The Morgan fingerprint density at radius 3 is 2.65 bits per heavy atom. The molecule has 0 bridgehead atoms. The van der Waals surface area contributed by atoms with Crippen LogP contribution in [0.4, 0.5) is 0 Å². The molecule has 3 heterocycles. The van der Waals surface area contributed by atoms with E-state index in [0.717, 1.165) is 45.7 Å². The Morgan fingerprint density at radius 2 is 1.87 bits per heavy atom. The summed E-state index contributed by atoms with van der Waals surface area (Å²) in [4.78, 5) is 15.0. The number of benzene rings is 1. The second-order valence-electron chi connectivity index (χ2n) is 8.54. The van der Waals surface area contributed by atoms with Gasteiger partial charge >= 0.3 is 0 Å². The first-order valence-corrected chi connectivity index (χ1v) is 11.6. The van der Waals surface area contributed by atoms with Crippen LogP contribution in [0.2, 0.25) is 5.02 Å². The first-order valence-electron chi connectivity index (χ1n) is 11.2. The molecule has 0 radical (unpaired) electrons. The number of pyridine rings is 1. The van der Waals surface area contributed by atoms with Crippen LogP contribution in [-0.2, 0) is 0 Å². The Bertz CT molecular complexity index is 977. The number of rotatable bonds is 8. The van der Waals surface area contributed by atoms with Crippen molar-refractivity contribution < 1.29 is 4.74 Å². The van der Waals surface area contributed by atoms with E-state index in [1.54, 1.807) is 6.20 Å². The molecule has 0 atom stereocenters. The number of hydrogen-bond donors (Lipinski definition) is 1. The SMILES string of the molecule is Cc1[nH]c(-c2ccnc(OCCCCC3CCN(C)CC3)c2)nc1-c1ccc(Cl)cc1. The Kier molecular flexibility index (Phi) is 7.25. The van der Waals surface area contributed by atoms with Gasteiger partial charge in [-0.2, -0.15) is 0 Å². The average Bonchev–Trinajstić information content (AvgIpc) is 3.17. The monoisotopic (exact) mass is 438 g/mol. The highest BCUT2D eigenvalue weighted by Gasteiger charge is 2.16. The van der Waals surface area contributed by atoms with Gasteiger partial charge in [0, 0.05) is 34.1 Å². The number of aryl methyl sites for hydroxylation is 1. The molecule has 0 aliphatic carbocycles. The number of halogens is 1. The lowest BCUT2D eigenvalue weighted by molar-refractivity contribution is 0.205. The van der Waals surface area contributed by atoms with Crippen LogP contribution in [0, 0.1) is 12.8 Å². The molecule has 1 aliphatic rings. The zero-order valence-electron chi connectivity index (χ0n) is 18.4. The molecule has 164 valence electrons. The molecule has 2 aromatic heterocycles. The number of H-pyrrole nitrogens is 1. The zero-order valence-corrected chi connectivity index (χ0v) is 19.2. The number of aromatic nitrogens is 3. The third-order valence-corrected chi connectivity index (χ3v) is 6.36. The summed E-state index contributed by atoms with van der Waals surface area (Å²) in [7, 11) is 2.22. The lowest BCUT2D eigenvalue weighted by Gasteiger charge is -2.28. The summed E-state index contributed by atoms with van der Waals surface area (Å²) in [5.41, 5.74) is 3.96. The van der Waals surface area contributed by atoms with Crippen molar-refractivity contribution in [2.24, 2.45) is 5.92 Å². The molecule has 1 aliphatic heterocycles. The fourth-order valence-electron chi connectivity index (χ4n) is 4.18. The quantitative estimate of drug-likeness (QED) is 0.439. The molecule has 1 aromatic carbocycles. The molecule has 3 aromatic rings. The van der Waals surface area contributed by atoms with Crippen LogP contribution in [0.15, 0.2) is 42.6 Å².